The fraction of sp³-hybridized carbons (Fsp3) is 0.900. The lowest BCUT2D eigenvalue weighted by molar-refractivity contribution is -0.143. The fourth-order valence-corrected chi connectivity index (χ4v) is 1.60. The first-order valence-electron chi connectivity index (χ1n) is 4.98. The average molecular weight is 203 g/mol. The molecule has 14 heavy (non-hydrogen) atoms. The topological polar surface area (TPSA) is 60.8 Å². The minimum Gasteiger partial charge on any atom is -0.481 e. The predicted octanol–water partition coefficient (Wildman–Crippen LogP) is 0.944. The molecule has 0 radical (unpaired) electrons. The van der Waals surface area contributed by atoms with Crippen LogP contribution in [0.5, 0.6) is 0 Å². The van der Waals surface area contributed by atoms with Gasteiger partial charge in [0.25, 0.3) is 0 Å². The fourth-order valence-electron chi connectivity index (χ4n) is 1.60. The number of carboxylic acids is 1. The van der Waals surface area contributed by atoms with Gasteiger partial charge in [-0.1, -0.05) is 19.8 Å². The van der Waals surface area contributed by atoms with Crippen LogP contribution in [0.3, 0.4) is 0 Å². The molecule has 0 bridgehead atoms. The summed E-state index contributed by atoms with van der Waals surface area (Å²) in [5, 5.41) is 18.7. The molecule has 0 unspecified atom stereocenters. The first kappa shape index (κ1) is 13.4. The zero-order valence-electron chi connectivity index (χ0n) is 9.29. The highest BCUT2D eigenvalue weighted by Crippen LogP contribution is 2.19. The Morgan fingerprint density at radius 3 is 2.36 bits per heavy atom. The van der Waals surface area contributed by atoms with Crippen molar-refractivity contribution >= 4 is 5.97 Å². The van der Waals surface area contributed by atoms with Crippen LogP contribution in [0.1, 0.15) is 32.6 Å². The highest BCUT2D eigenvalue weighted by atomic mass is 16.4. The van der Waals surface area contributed by atoms with E-state index in [4.69, 9.17) is 5.11 Å². The van der Waals surface area contributed by atoms with Gasteiger partial charge in [0.1, 0.15) is 0 Å². The predicted molar refractivity (Wildman–Crippen MR) is 55.3 cm³/mol. The second kappa shape index (κ2) is 5.98. The van der Waals surface area contributed by atoms with E-state index < -0.39 is 11.6 Å². The normalized spacial score (nSPS) is 15.5. The monoisotopic (exact) mass is 203 g/mol. The standard InChI is InChI=1S/C10H21NO3/c1-4-5-6-10(14,7-9(12)13)8-11(2)3/h14H,4-8H2,1-3H3,(H,12,13)/t10-/m0/s1. The zero-order valence-corrected chi connectivity index (χ0v) is 9.29. The summed E-state index contributed by atoms with van der Waals surface area (Å²) in [6.45, 7) is 2.43. The SMILES string of the molecule is CCCC[C@](O)(CC(=O)O)CN(C)C. The number of aliphatic carboxylic acids is 1. The third kappa shape index (κ3) is 5.94. The number of hydrogen-bond donors (Lipinski definition) is 2. The van der Waals surface area contributed by atoms with Crippen LogP contribution >= 0.6 is 0 Å². The van der Waals surface area contributed by atoms with Crippen LogP contribution in [-0.4, -0.2) is 47.3 Å². The third-order valence-electron chi connectivity index (χ3n) is 2.09. The number of hydrogen-bond acceptors (Lipinski definition) is 3. The lowest BCUT2D eigenvalue weighted by Gasteiger charge is -2.29. The molecule has 0 aliphatic heterocycles. The van der Waals surface area contributed by atoms with Gasteiger partial charge < -0.3 is 15.1 Å². The van der Waals surface area contributed by atoms with Crippen LogP contribution in [0.4, 0.5) is 0 Å². The van der Waals surface area contributed by atoms with Crippen molar-refractivity contribution in [2.75, 3.05) is 20.6 Å². The molecular weight excluding hydrogens is 182 g/mol. The Kier molecular flexibility index (Phi) is 5.72. The van der Waals surface area contributed by atoms with E-state index in [0.29, 0.717) is 13.0 Å². The number of aliphatic hydroxyl groups is 1. The summed E-state index contributed by atoms with van der Waals surface area (Å²) in [5.41, 5.74) is -1.08. The van der Waals surface area contributed by atoms with E-state index in [-0.39, 0.29) is 6.42 Å². The molecule has 1 atom stereocenters. The van der Waals surface area contributed by atoms with Crippen LogP contribution in [0.2, 0.25) is 0 Å². The number of unbranched alkanes of at least 4 members (excludes halogenated alkanes) is 1. The first-order chi connectivity index (χ1) is 6.39. The van der Waals surface area contributed by atoms with Gasteiger partial charge in [0.05, 0.1) is 12.0 Å². The molecule has 0 amide bonds. The average Bonchev–Trinajstić information content (AvgIpc) is 1.97. The number of nitrogens with zero attached hydrogens (tertiary/aromatic N) is 1. The van der Waals surface area contributed by atoms with Crippen molar-refractivity contribution in [1.82, 2.24) is 4.90 Å². The third-order valence-corrected chi connectivity index (χ3v) is 2.09. The van der Waals surface area contributed by atoms with Crippen molar-refractivity contribution in [1.29, 1.82) is 0 Å². The summed E-state index contributed by atoms with van der Waals surface area (Å²) in [6, 6.07) is 0. The summed E-state index contributed by atoms with van der Waals surface area (Å²) in [5.74, 6) is -0.939. The Hall–Kier alpha value is -0.610. The molecule has 0 saturated carbocycles. The highest BCUT2D eigenvalue weighted by Gasteiger charge is 2.29. The van der Waals surface area contributed by atoms with E-state index in [1.807, 2.05) is 25.9 Å². The van der Waals surface area contributed by atoms with Crippen LogP contribution in [0.25, 0.3) is 0 Å². The van der Waals surface area contributed by atoms with E-state index in [2.05, 4.69) is 0 Å². The molecule has 0 aromatic rings. The Morgan fingerprint density at radius 1 is 1.43 bits per heavy atom. The van der Waals surface area contributed by atoms with Gasteiger partial charge in [-0.25, -0.2) is 0 Å². The van der Waals surface area contributed by atoms with E-state index in [1.165, 1.54) is 0 Å². The minimum atomic E-state index is -1.08. The van der Waals surface area contributed by atoms with Gasteiger partial charge in [0.2, 0.25) is 0 Å². The Bertz CT molecular complexity index is 182. The summed E-state index contributed by atoms with van der Waals surface area (Å²) >= 11 is 0. The zero-order chi connectivity index (χ0) is 11.2. The number of carboxylic acid groups (broad SMARTS) is 1. The van der Waals surface area contributed by atoms with Crippen molar-refractivity contribution in [3.05, 3.63) is 0 Å². The molecule has 0 saturated heterocycles. The van der Waals surface area contributed by atoms with Gasteiger partial charge in [0.15, 0.2) is 0 Å². The van der Waals surface area contributed by atoms with Crippen LogP contribution < -0.4 is 0 Å². The van der Waals surface area contributed by atoms with Gasteiger partial charge in [-0.15, -0.1) is 0 Å². The quantitative estimate of drug-likeness (QED) is 0.646. The number of carbonyl (C=O) groups is 1. The van der Waals surface area contributed by atoms with Crippen molar-refractivity contribution in [2.45, 2.75) is 38.2 Å². The summed E-state index contributed by atoms with van der Waals surface area (Å²) < 4.78 is 0. The van der Waals surface area contributed by atoms with Gasteiger partial charge in [-0.05, 0) is 20.5 Å². The van der Waals surface area contributed by atoms with Crippen molar-refractivity contribution in [3.8, 4) is 0 Å². The maximum Gasteiger partial charge on any atom is 0.306 e. The second-order valence-electron chi connectivity index (χ2n) is 4.14. The van der Waals surface area contributed by atoms with Gasteiger partial charge >= 0.3 is 5.97 Å². The summed E-state index contributed by atoms with van der Waals surface area (Å²) in [7, 11) is 3.66. The van der Waals surface area contributed by atoms with E-state index >= 15 is 0 Å². The molecular formula is C10H21NO3. The first-order valence-corrected chi connectivity index (χ1v) is 4.98. The number of rotatable bonds is 7. The smallest absolute Gasteiger partial charge is 0.306 e. The molecule has 0 spiro atoms. The molecule has 0 aliphatic carbocycles. The summed E-state index contributed by atoms with van der Waals surface area (Å²) in [4.78, 5) is 12.4. The maximum absolute atomic E-state index is 10.6. The lowest BCUT2D eigenvalue weighted by atomic mass is 9.92. The van der Waals surface area contributed by atoms with Crippen molar-refractivity contribution in [2.24, 2.45) is 0 Å². The van der Waals surface area contributed by atoms with Gasteiger partial charge in [-0.2, -0.15) is 0 Å². The molecule has 0 aromatic carbocycles. The highest BCUT2D eigenvalue weighted by molar-refractivity contribution is 5.68. The molecule has 0 rings (SSSR count). The second-order valence-corrected chi connectivity index (χ2v) is 4.14. The molecule has 0 aromatic heterocycles. The van der Waals surface area contributed by atoms with Crippen molar-refractivity contribution < 1.29 is 15.0 Å². The molecule has 84 valence electrons. The largest absolute Gasteiger partial charge is 0.481 e. The lowest BCUT2D eigenvalue weighted by Crippen LogP contribution is -2.42. The van der Waals surface area contributed by atoms with Crippen molar-refractivity contribution in [3.63, 3.8) is 0 Å². The molecule has 4 heteroatoms. The van der Waals surface area contributed by atoms with Gasteiger partial charge in [-0.3, -0.25) is 4.79 Å². The molecule has 4 nitrogen and oxygen atoms in total. The van der Waals surface area contributed by atoms with E-state index in [0.717, 1.165) is 12.8 Å². The molecule has 0 aliphatic rings. The molecule has 0 heterocycles. The van der Waals surface area contributed by atoms with Gasteiger partial charge in [0, 0.05) is 6.54 Å². The Balaban J connectivity index is 4.24. The van der Waals surface area contributed by atoms with E-state index in [9.17, 15) is 9.90 Å². The molecule has 2 N–H and O–H groups in total. The Labute approximate surface area is 85.5 Å². The van der Waals surface area contributed by atoms with Crippen LogP contribution in [0.15, 0.2) is 0 Å². The Morgan fingerprint density at radius 2 is 2.00 bits per heavy atom. The minimum absolute atomic E-state index is 0.175. The van der Waals surface area contributed by atoms with Crippen LogP contribution in [0, 0.1) is 0 Å². The van der Waals surface area contributed by atoms with E-state index in [1.54, 1.807) is 0 Å². The summed E-state index contributed by atoms with van der Waals surface area (Å²) in [6.07, 6.45) is 2.20. The van der Waals surface area contributed by atoms with Crippen LogP contribution in [-0.2, 0) is 4.79 Å². The maximum atomic E-state index is 10.6. The molecule has 0 fully saturated rings. The number of likely N-dealkylation sites (N-methyl/N-ethyl adjacent to an activating group) is 1.